The zero-order valence-electron chi connectivity index (χ0n) is 9.86. The van der Waals surface area contributed by atoms with E-state index in [1.54, 1.807) is 0 Å². The van der Waals surface area contributed by atoms with Crippen molar-refractivity contribution in [1.82, 2.24) is 15.1 Å². The highest BCUT2D eigenvalue weighted by atomic mass is 35.5. The van der Waals surface area contributed by atoms with Gasteiger partial charge in [-0.05, 0) is 18.8 Å². The van der Waals surface area contributed by atoms with Crippen molar-refractivity contribution < 1.29 is 9.21 Å². The minimum atomic E-state index is 0.0571. The fourth-order valence-corrected chi connectivity index (χ4v) is 2.02. The van der Waals surface area contributed by atoms with Crippen LogP contribution < -0.4 is 0 Å². The monoisotopic (exact) mass is 257 g/mol. The first-order chi connectivity index (χ1) is 8.19. The minimum Gasteiger partial charge on any atom is -0.423 e. The number of likely N-dealkylation sites (tertiary alicyclic amines) is 1. The van der Waals surface area contributed by atoms with Crippen LogP contribution in [0.25, 0.3) is 0 Å². The summed E-state index contributed by atoms with van der Waals surface area (Å²) in [7, 11) is 0. The fourth-order valence-electron chi connectivity index (χ4n) is 1.91. The molecule has 0 unspecified atom stereocenters. The number of carbonyl (C=O) groups is 1. The summed E-state index contributed by atoms with van der Waals surface area (Å²) in [4.78, 5) is 13.8. The highest BCUT2D eigenvalue weighted by molar-refractivity contribution is 6.16. The molecule has 0 bridgehead atoms. The van der Waals surface area contributed by atoms with E-state index in [2.05, 4.69) is 17.1 Å². The van der Waals surface area contributed by atoms with E-state index < -0.39 is 0 Å². The molecule has 0 aliphatic carbocycles. The first-order valence-electron chi connectivity index (χ1n) is 5.84. The number of carbonyl (C=O) groups excluding carboxylic acids is 1. The number of rotatable bonds is 3. The second-order valence-corrected chi connectivity index (χ2v) is 4.73. The minimum absolute atomic E-state index is 0.0571. The Morgan fingerprint density at radius 2 is 2.06 bits per heavy atom. The lowest BCUT2D eigenvalue weighted by atomic mass is 9.99. The van der Waals surface area contributed by atoms with E-state index in [-0.39, 0.29) is 18.2 Å². The summed E-state index contributed by atoms with van der Waals surface area (Å²) in [6.45, 7) is 3.87. The topological polar surface area (TPSA) is 59.2 Å². The molecule has 0 atom stereocenters. The molecule has 6 heteroatoms. The number of hydrogen-bond acceptors (Lipinski definition) is 4. The van der Waals surface area contributed by atoms with E-state index >= 15 is 0 Å². The highest BCUT2D eigenvalue weighted by Gasteiger charge is 2.21. The molecule has 0 aromatic carbocycles. The second-order valence-electron chi connectivity index (χ2n) is 4.46. The van der Waals surface area contributed by atoms with Gasteiger partial charge in [-0.3, -0.25) is 4.79 Å². The third kappa shape index (κ3) is 3.19. The van der Waals surface area contributed by atoms with E-state index in [0.717, 1.165) is 25.9 Å². The van der Waals surface area contributed by atoms with Gasteiger partial charge in [-0.1, -0.05) is 6.92 Å². The average Bonchev–Trinajstić information content (AvgIpc) is 2.77. The third-order valence-electron chi connectivity index (χ3n) is 3.06. The number of nitrogens with zero attached hydrogens (tertiary/aromatic N) is 3. The molecule has 0 N–H and O–H groups in total. The molecule has 94 valence electrons. The van der Waals surface area contributed by atoms with Crippen LogP contribution in [-0.2, 0) is 17.1 Å². The van der Waals surface area contributed by atoms with Gasteiger partial charge in [0.1, 0.15) is 12.3 Å². The van der Waals surface area contributed by atoms with E-state index in [1.807, 2.05) is 4.90 Å². The van der Waals surface area contributed by atoms with Crippen LogP contribution in [-0.4, -0.2) is 34.1 Å². The van der Waals surface area contributed by atoms with E-state index in [4.69, 9.17) is 16.0 Å². The second kappa shape index (κ2) is 5.49. The van der Waals surface area contributed by atoms with Crippen molar-refractivity contribution in [2.45, 2.75) is 32.1 Å². The molecule has 2 rings (SSSR count). The Balaban J connectivity index is 1.88. The number of piperidine rings is 1. The molecule has 2 heterocycles. The normalized spacial score (nSPS) is 17.4. The van der Waals surface area contributed by atoms with Crippen LogP contribution in [0, 0.1) is 5.92 Å². The van der Waals surface area contributed by atoms with E-state index in [0.29, 0.717) is 17.7 Å². The Morgan fingerprint density at radius 3 is 2.65 bits per heavy atom. The molecular formula is C11H16ClN3O2. The molecule has 1 fully saturated rings. The van der Waals surface area contributed by atoms with Gasteiger partial charge < -0.3 is 9.32 Å². The summed E-state index contributed by atoms with van der Waals surface area (Å²) >= 11 is 5.55. The Bertz CT molecular complexity index is 386. The molecule has 5 nitrogen and oxygen atoms in total. The van der Waals surface area contributed by atoms with Crippen molar-refractivity contribution in [2.24, 2.45) is 5.92 Å². The average molecular weight is 258 g/mol. The first-order valence-corrected chi connectivity index (χ1v) is 6.37. The molecule has 1 aromatic rings. The number of halogens is 1. The zero-order valence-corrected chi connectivity index (χ0v) is 10.6. The lowest BCUT2D eigenvalue weighted by Crippen LogP contribution is -2.38. The maximum atomic E-state index is 11.9. The van der Waals surface area contributed by atoms with Crippen molar-refractivity contribution in [1.29, 1.82) is 0 Å². The van der Waals surface area contributed by atoms with Gasteiger partial charge in [0.15, 0.2) is 0 Å². The molecule has 17 heavy (non-hydrogen) atoms. The van der Waals surface area contributed by atoms with Gasteiger partial charge in [0.25, 0.3) is 0 Å². The van der Waals surface area contributed by atoms with Crippen molar-refractivity contribution in [3.05, 3.63) is 11.8 Å². The number of aromatic nitrogens is 2. The lowest BCUT2D eigenvalue weighted by Gasteiger charge is -2.29. The Kier molecular flexibility index (Phi) is 3.99. The molecule has 1 amide bonds. The zero-order chi connectivity index (χ0) is 12.3. The summed E-state index contributed by atoms with van der Waals surface area (Å²) in [6, 6.07) is 0. The molecule has 1 aliphatic rings. The van der Waals surface area contributed by atoms with Crippen molar-refractivity contribution >= 4 is 17.5 Å². The molecule has 0 saturated carbocycles. The molecular weight excluding hydrogens is 242 g/mol. The summed E-state index contributed by atoms with van der Waals surface area (Å²) in [5.74, 6) is 1.67. The third-order valence-corrected chi connectivity index (χ3v) is 3.29. The molecule has 1 aromatic heterocycles. The van der Waals surface area contributed by atoms with Gasteiger partial charge in [0.2, 0.25) is 17.7 Å². The summed E-state index contributed by atoms with van der Waals surface area (Å²) < 4.78 is 5.21. The summed E-state index contributed by atoms with van der Waals surface area (Å²) in [5, 5.41) is 7.51. The van der Waals surface area contributed by atoms with Gasteiger partial charge in [0.05, 0.1) is 0 Å². The predicted octanol–water partition coefficient (Wildman–Crippen LogP) is 1.61. The van der Waals surface area contributed by atoms with Crippen LogP contribution in [0.2, 0.25) is 0 Å². The maximum Gasteiger partial charge on any atom is 0.231 e. The van der Waals surface area contributed by atoms with Crippen LogP contribution in [0.15, 0.2) is 4.42 Å². The van der Waals surface area contributed by atoms with Crippen molar-refractivity contribution in [3.8, 4) is 0 Å². The van der Waals surface area contributed by atoms with E-state index in [1.165, 1.54) is 0 Å². The smallest absolute Gasteiger partial charge is 0.231 e. The fraction of sp³-hybridized carbons (Fsp3) is 0.727. The van der Waals surface area contributed by atoms with Crippen LogP contribution in [0.3, 0.4) is 0 Å². The number of amides is 1. The van der Waals surface area contributed by atoms with Gasteiger partial charge in [-0.2, -0.15) is 0 Å². The molecule has 1 aliphatic heterocycles. The number of hydrogen-bond donors (Lipinski definition) is 0. The molecule has 0 radical (unpaired) electrons. The number of alkyl halides is 1. The van der Waals surface area contributed by atoms with Crippen LogP contribution in [0.4, 0.5) is 0 Å². The van der Waals surface area contributed by atoms with E-state index in [9.17, 15) is 4.79 Å². The maximum absolute atomic E-state index is 11.9. The molecule has 1 saturated heterocycles. The standard InChI is InChI=1S/C11H16ClN3O2/c1-8-2-4-15(5-3-8)11(16)6-9-13-14-10(7-12)17-9/h8H,2-7H2,1H3. The largest absolute Gasteiger partial charge is 0.423 e. The van der Waals surface area contributed by atoms with Crippen LogP contribution >= 0.6 is 11.6 Å². The predicted molar refractivity (Wildman–Crippen MR) is 62.5 cm³/mol. The van der Waals surface area contributed by atoms with Gasteiger partial charge in [-0.25, -0.2) is 0 Å². The summed E-state index contributed by atoms with van der Waals surface area (Å²) in [6.07, 6.45) is 2.32. The SMILES string of the molecule is CC1CCN(C(=O)Cc2nnc(CCl)o2)CC1. The first kappa shape index (κ1) is 12.4. The Hall–Kier alpha value is -1.10. The highest BCUT2D eigenvalue weighted by Crippen LogP contribution is 2.16. The molecule has 0 spiro atoms. The van der Waals surface area contributed by atoms with Crippen molar-refractivity contribution in [3.63, 3.8) is 0 Å². The Labute approximate surface area is 105 Å². The quantitative estimate of drug-likeness (QED) is 0.772. The van der Waals surface area contributed by atoms with Crippen molar-refractivity contribution in [2.75, 3.05) is 13.1 Å². The van der Waals surface area contributed by atoms with Gasteiger partial charge in [0, 0.05) is 13.1 Å². The Morgan fingerprint density at radius 1 is 1.41 bits per heavy atom. The van der Waals surface area contributed by atoms with Crippen LogP contribution in [0.1, 0.15) is 31.5 Å². The van der Waals surface area contributed by atoms with Crippen LogP contribution in [0.5, 0.6) is 0 Å². The van der Waals surface area contributed by atoms with Gasteiger partial charge in [-0.15, -0.1) is 21.8 Å². The van der Waals surface area contributed by atoms with Gasteiger partial charge >= 0.3 is 0 Å². The lowest BCUT2D eigenvalue weighted by molar-refractivity contribution is -0.132. The summed E-state index contributed by atoms with van der Waals surface area (Å²) in [5.41, 5.74) is 0.